The number of esters is 1. The van der Waals surface area contributed by atoms with E-state index in [1.807, 2.05) is 6.26 Å². The monoisotopic (exact) mass is 312 g/mol. The van der Waals surface area contributed by atoms with Gasteiger partial charge in [-0.2, -0.15) is 11.8 Å². The van der Waals surface area contributed by atoms with E-state index in [1.165, 1.54) is 7.11 Å². The zero-order valence-corrected chi connectivity index (χ0v) is 12.9. The predicted octanol–water partition coefficient (Wildman–Crippen LogP) is 1.26. The van der Waals surface area contributed by atoms with E-state index < -0.39 is 12.0 Å². The van der Waals surface area contributed by atoms with Gasteiger partial charge in [0.2, 0.25) is 5.91 Å². The Labute approximate surface area is 128 Å². The maximum Gasteiger partial charge on any atom is 0.343 e. The first kappa shape index (κ1) is 17.3. The van der Waals surface area contributed by atoms with E-state index in [0.717, 1.165) is 5.75 Å². The molecule has 0 fully saturated rings. The van der Waals surface area contributed by atoms with Gasteiger partial charge in [0.05, 0.1) is 13.2 Å². The first-order valence-electron chi connectivity index (χ1n) is 6.42. The molecule has 0 spiro atoms. The molecule has 0 saturated heterocycles. The second-order valence-corrected chi connectivity index (χ2v) is 5.25. The Bertz CT molecular complexity index is 465. The van der Waals surface area contributed by atoms with E-state index in [2.05, 4.69) is 10.1 Å². The predicted molar refractivity (Wildman–Crippen MR) is 83.6 cm³/mol. The zero-order chi connectivity index (χ0) is 15.7. The van der Waals surface area contributed by atoms with Crippen LogP contribution in [0.2, 0.25) is 0 Å². The molecule has 7 heteroatoms. The minimum absolute atomic E-state index is 0.151. The third-order valence-electron chi connectivity index (χ3n) is 2.68. The van der Waals surface area contributed by atoms with Gasteiger partial charge in [0.1, 0.15) is 5.75 Å². The fourth-order valence-electron chi connectivity index (χ4n) is 1.45. The maximum absolute atomic E-state index is 11.8. The van der Waals surface area contributed by atoms with Crippen LogP contribution in [0.1, 0.15) is 6.42 Å². The van der Waals surface area contributed by atoms with Gasteiger partial charge in [-0.25, -0.2) is 4.79 Å². The molecule has 1 atom stereocenters. The number of amides is 1. The number of anilines is 1. The highest BCUT2D eigenvalue weighted by atomic mass is 32.2. The zero-order valence-electron chi connectivity index (χ0n) is 12.1. The third-order valence-corrected chi connectivity index (χ3v) is 3.32. The van der Waals surface area contributed by atoms with E-state index in [9.17, 15) is 9.59 Å². The molecule has 0 aliphatic carbocycles. The number of nitrogens with one attached hydrogen (secondary N) is 1. The molecule has 21 heavy (non-hydrogen) atoms. The van der Waals surface area contributed by atoms with Crippen molar-refractivity contribution < 1.29 is 19.1 Å². The van der Waals surface area contributed by atoms with E-state index in [4.69, 9.17) is 10.5 Å². The molecule has 0 bridgehead atoms. The van der Waals surface area contributed by atoms with Crippen molar-refractivity contribution in [2.75, 3.05) is 31.0 Å². The average Bonchev–Trinajstić information content (AvgIpc) is 2.51. The van der Waals surface area contributed by atoms with Crippen molar-refractivity contribution in [2.24, 2.45) is 5.73 Å². The van der Waals surface area contributed by atoms with Crippen LogP contribution in [0.3, 0.4) is 0 Å². The second kappa shape index (κ2) is 9.25. The Hall–Kier alpha value is -1.73. The molecule has 3 N–H and O–H groups in total. The smallest absolute Gasteiger partial charge is 0.343 e. The van der Waals surface area contributed by atoms with Gasteiger partial charge in [-0.3, -0.25) is 4.79 Å². The van der Waals surface area contributed by atoms with E-state index >= 15 is 0 Å². The van der Waals surface area contributed by atoms with Crippen LogP contribution in [0.4, 0.5) is 5.69 Å². The number of hydrogen-bond donors (Lipinski definition) is 2. The van der Waals surface area contributed by atoms with Crippen LogP contribution in [0.15, 0.2) is 24.3 Å². The molecule has 6 nitrogen and oxygen atoms in total. The normalized spacial score (nSPS) is 11.6. The summed E-state index contributed by atoms with van der Waals surface area (Å²) in [6.45, 7) is -0.151. The maximum atomic E-state index is 11.8. The molecule has 1 rings (SSSR count). The molecule has 0 aliphatic rings. The highest BCUT2D eigenvalue weighted by molar-refractivity contribution is 7.98. The number of rotatable bonds is 8. The number of benzene rings is 1. The van der Waals surface area contributed by atoms with E-state index in [-0.39, 0.29) is 12.5 Å². The van der Waals surface area contributed by atoms with Crippen LogP contribution in [0.5, 0.6) is 5.75 Å². The molecule has 0 heterocycles. The SMILES string of the molecule is COC(=O)COc1ccc(NC(=O)[C@H](N)CCSC)cc1. The molecule has 0 radical (unpaired) electrons. The molecule has 0 unspecified atom stereocenters. The molecular formula is C14H20N2O4S. The molecule has 116 valence electrons. The molecule has 1 aromatic carbocycles. The van der Waals surface area contributed by atoms with Crippen molar-refractivity contribution in [3.63, 3.8) is 0 Å². The highest BCUT2D eigenvalue weighted by Crippen LogP contribution is 2.16. The molecule has 0 saturated carbocycles. The first-order valence-corrected chi connectivity index (χ1v) is 7.81. The lowest BCUT2D eigenvalue weighted by molar-refractivity contribution is -0.142. The van der Waals surface area contributed by atoms with Gasteiger partial charge in [0, 0.05) is 5.69 Å². The van der Waals surface area contributed by atoms with Crippen molar-refractivity contribution in [1.29, 1.82) is 0 Å². The van der Waals surface area contributed by atoms with Gasteiger partial charge in [0.15, 0.2) is 6.61 Å². The molecule has 1 aromatic rings. The number of nitrogens with two attached hydrogens (primary N) is 1. The lowest BCUT2D eigenvalue weighted by atomic mass is 10.2. The Balaban J connectivity index is 2.46. The summed E-state index contributed by atoms with van der Waals surface area (Å²) in [4.78, 5) is 22.8. The molecular weight excluding hydrogens is 292 g/mol. The first-order chi connectivity index (χ1) is 10.1. The lowest BCUT2D eigenvalue weighted by Crippen LogP contribution is -2.36. The van der Waals surface area contributed by atoms with Crippen LogP contribution in [0.25, 0.3) is 0 Å². The van der Waals surface area contributed by atoms with Gasteiger partial charge in [0.25, 0.3) is 0 Å². The van der Waals surface area contributed by atoms with Crippen LogP contribution < -0.4 is 15.8 Å². The van der Waals surface area contributed by atoms with Gasteiger partial charge in [-0.15, -0.1) is 0 Å². The standard InChI is InChI=1S/C14H20N2O4S/c1-19-13(17)9-20-11-5-3-10(4-6-11)16-14(18)12(15)7-8-21-2/h3-6,12H,7-9,15H2,1-2H3,(H,16,18)/t12-/m1/s1. The molecule has 0 aromatic heterocycles. The van der Waals surface area contributed by atoms with Crippen molar-refractivity contribution in [3.8, 4) is 5.75 Å². The number of methoxy groups -OCH3 is 1. The number of ether oxygens (including phenoxy) is 2. The largest absolute Gasteiger partial charge is 0.482 e. The lowest BCUT2D eigenvalue weighted by Gasteiger charge is -2.12. The van der Waals surface area contributed by atoms with Gasteiger partial charge in [-0.05, 0) is 42.7 Å². The summed E-state index contributed by atoms with van der Waals surface area (Å²) in [6.07, 6.45) is 2.60. The Morgan fingerprint density at radius 3 is 2.57 bits per heavy atom. The van der Waals surface area contributed by atoms with E-state index in [0.29, 0.717) is 17.9 Å². The van der Waals surface area contributed by atoms with E-state index in [1.54, 1.807) is 36.0 Å². The molecule has 1 amide bonds. The molecule has 0 aliphatic heterocycles. The van der Waals surface area contributed by atoms with Crippen LogP contribution in [-0.4, -0.2) is 43.6 Å². The second-order valence-electron chi connectivity index (χ2n) is 4.27. The summed E-state index contributed by atoms with van der Waals surface area (Å²) in [5, 5.41) is 2.73. The van der Waals surface area contributed by atoms with Crippen molar-refractivity contribution in [1.82, 2.24) is 0 Å². The Kier molecular flexibility index (Phi) is 7.63. The van der Waals surface area contributed by atoms with Crippen LogP contribution >= 0.6 is 11.8 Å². The van der Waals surface area contributed by atoms with Gasteiger partial charge in [-0.1, -0.05) is 0 Å². The summed E-state index contributed by atoms with van der Waals surface area (Å²) in [7, 11) is 1.30. The number of hydrogen-bond acceptors (Lipinski definition) is 6. The summed E-state index contributed by atoms with van der Waals surface area (Å²) in [5.41, 5.74) is 6.41. The van der Waals surface area contributed by atoms with Gasteiger partial charge >= 0.3 is 5.97 Å². The summed E-state index contributed by atoms with van der Waals surface area (Å²) in [5.74, 6) is 0.694. The van der Waals surface area contributed by atoms with Crippen LogP contribution in [-0.2, 0) is 14.3 Å². The topological polar surface area (TPSA) is 90.6 Å². The fourth-order valence-corrected chi connectivity index (χ4v) is 1.94. The summed E-state index contributed by atoms with van der Waals surface area (Å²) < 4.78 is 9.67. The fraction of sp³-hybridized carbons (Fsp3) is 0.429. The van der Waals surface area contributed by atoms with Gasteiger partial charge < -0.3 is 20.5 Å². The quantitative estimate of drug-likeness (QED) is 0.702. The van der Waals surface area contributed by atoms with Crippen molar-refractivity contribution in [3.05, 3.63) is 24.3 Å². The highest BCUT2D eigenvalue weighted by Gasteiger charge is 2.12. The minimum Gasteiger partial charge on any atom is -0.482 e. The van der Waals surface area contributed by atoms with Crippen molar-refractivity contribution >= 4 is 29.3 Å². The number of carbonyl (C=O) groups is 2. The minimum atomic E-state index is -0.521. The Morgan fingerprint density at radius 1 is 1.33 bits per heavy atom. The summed E-state index contributed by atoms with van der Waals surface area (Å²) >= 11 is 1.65. The number of thioether (sulfide) groups is 1. The Morgan fingerprint density at radius 2 is 2.00 bits per heavy atom. The average molecular weight is 312 g/mol. The number of carbonyl (C=O) groups excluding carboxylic acids is 2. The summed E-state index contributed by atoms with van der Waals surface area (Å²) in [6, 6.07) is 6.17. The van der Waals surface area contributed by atoms with Crippen molar-refractivity contribution in [2.45, 2.75) is 12.5 Å². The van der Waals surface area contributed by atoms with Crippen LogP contribution in [0, 0.1) is 0 Å². The third kappa shape index (κ3) is 6.50.